The lowest BCUT2D eigenvalue weighted by atomic mass is 10.2. The van der Waals surface area contributed by atoms with E-state index in [1.54, 1.807) is 13.1 Å². The molecule has 0 aliphatic rings. The number of halogens is 1. The first-order chi connectivity index (χ1) is 9.11. The van der Waals surface area contributed by atoms with E-state index in [1.807, 2.05) is 0 Å². The maximum absolute atomic E-state index is 13.5. The van der Waals surface area contributed by atoms with Crippen LogP contribution in [0.4, 0.5) is 4.39 Å². The maximum atomic E-state index is 13.5. The first-order valence-electron chi connectivity index (χ1n) is 5.55. The summed E-state index contributed by atoms with van der Waals surface area (Å²) in [5, 5.41) is 6.10. The average molecular weight is 264 g/mol. The Morgan fingerprint density at radius 2 is 2.32 bits per heavy atom. The molecule has 0 saturated carbocycles. The number of rotatable bonds is 4. The molecular weight excluding hydrogens is 251 g/mol. The van der Waals surface area contributed by atoms with Crippen molar-refractivity contribution in [2.24, 2.45) is 0 Å². The highest BCUT2D eigenvalue weighted by molar-refractivity contribution is 5.90. The molecule has 0 aliphatic heterocycles. The summed E-state index contributed by atoms with van der Waals surface area (Å²) in [7, 11) is 3.00. The number of carbonyl (C=O) groups excluding carboxylic acids is 1. The summed E-state index contributed by atoms with van der Waals surface area (Å²) in [4.78, 5) is 17.1. The summed E-state index contributed by atoms with van der Waals surface area (Å²) >= 11 is 0. The van der Waals surface area contributed by atoms with Crippen LogP contribution in [0.5, 0.6) is 5.75 Å². The molecule has 0 unspecified atom stereocenters. The standard InChI is InChI=1S/C12H13FN4O2/c1-17(12(18)11-14-7-15-16-11)6-8-3-4-10(19-2)9(13)5-8/h3-5,7H,6H2,1-2H3,(H,14,15,16). The number of aromatic amines is 1. The fraction of sp³-hybridized carbons (Fsp3) is 0.250. The van der Waals surface area contributed by atoms with Gasteiger partial charge >= 0.3 is 0 Å². The zero-order chi connectivity index (χ0) is 13.8. The maximum Gasteiger partial charge on any atom is 0.291 e. The van der Waals surface area contributed by atoms with E-state index in [-0.39, 0.29) is 24.0 Å². The van der Waals surface area contributed by atoms with Crippen molar-refractivity contribution in [3.05, 3.63) is 41.7 Å². The van der Waals surface area contributed by atoms with E-state index < -0.39 is 5.82 Å². The smallest absolute Gasteiger partial charge is 0.291 e. The Morgan fingerprint density at radius 3 is 2.89 bits per heavy atom. The molecule has 0 aliphatic carbocycles. The molecule has 0 spiro atoms. The molecule has 2 rings (SSSR count). The summed E-state index contributed by atoms with van der Waals surface area (Å²) < 4.78 is 18.4. The first kappa shape index (κ1) is 13.0. The molecule has 1 amide bonds. The number of hydrogen-bond donors (Lipinski definition) is 1. The lowest BCUT2D eigenvalue weighted by Gasteiger charge is -2.16. The molecule has 6 nitrogen and oxygen atoms in total. The Morgan fingerprint density at radius 1 is 1.53 bits per heavy atom. The van der Waals surface area contributed by atoms with E-state index in [1.165, 1.54) is 30.5 Å². The van der Waals surface area contributed by atoms with E-state index in [0.717, 1.165) is 0 Å². The van der Waals surface area contributed by atoms with Crippen molar-refractivity contribution in [1.29, 1.82) is 0 Å². The van der Waals surface area contributed by atoms with Gasteiger partial charge in [-0.05, 0) is 17.7 Å². The summed E-state index contributed by atoms with van der Waals surface area (Å²) in [5.74, 6) is -0.446. The van der Waals surface area contributed by atoms with Gasteiger partial charge < -0.3 is 9.64 Å². The minimum absolute atomic E-state index is 0.150. The predicted octanol–water partition coefficient (Wildman–Crippen LogP) is 1.22. The average Bonchev–Trinajstić information content (AvgIpc) is 2.92. The number of aromatic nitrogens is 3. The SMILES string of the molecule is COc1ccc(CN(C)C(=O)c2ncn[nH]2)cc1F. The molecule has 1 aromatic carbocycles. The second-order valence-corrected chi connectivity index (χ2v) is 3.96. The molecule has 0 atom stereocenters. The Labute approximate surface area is 109 Å². The summed E-state index contributed by atoms with van der Waals surface area (Å²) in [6, 6.07) is 4.56. The van der Waals surface area contributed by atoms with Gasteiger partial charge in [0.05, 0.1) is 7.11 Å². The largest absolute Gasteiger partial charge is 0.494 e. The second kappa shape index (κ2) is 5.47. The van der Waals surface area contributed by atoms with Gasteiger partial charge in [-0.3, -0.25) is 9.89 Å². The number of benzene rings is 1. The number of amides is 1. The Bertz CT molecular complexity index is 571. The molecule has 0 saturated heterocycles. The van der Waals surface area contributed by atoms with E-state index in [9.17, 15) is 9.18 Å². The van der Waals surface area contributed by atoms with Crippen LogP contribution in [0.2, 0.25) is 0 Å². The molecule has 1 aromatic heterocycles. The zero-order valence-electron chi connectivity index (χ0n) is 10.6. The van der Waals surface area contributed by atoms with Gasteiger partial charge in [0.25, 0.3) is 5.91 Å². The Kier molecular flexibility index (Phi) is 3.74. The number of methoxy groups -OCH3 is 1. The van der Waals surface area contributed by atoms with Crippen LogP contribution in [0.15, 0.2) is 24.5 Å². The quantitative estimate of drug-likeness (QED) is 0.901. The fourth-order valence-electron chi connectivity index (χ4n) is 1.64. The lowest BCUT2D eigenvalue weighted by molar-refractivity contribution is 0.0773. The topological polar surface area (TPSA) is 71.1 Å². The molecule has 0 bridgehead atoms. The van der Waals surface area contributed by atoms with Crippen molar-refractivity contribution >= 4 is 5.91 Å². The molecular formula is C12H13FN4O2. The minimum Gasteiger partial charge on any atom is -0.494 e. The molecule has 19 heavy (non-hydrogen) atoms. The number of ether oxygens (including phenoxy) is 1. The number of hydrogen-bond acceptors (Lipinski definition) is 4. The van der Waals surface area contributed by atoms with E-state index in [0.29, 0.717) is 5.56 Å². The third-order valence-corrected chi connectivity index (χ3v) is 2.60. The number of H-pyrrole nitrogens is 1. The van der Waals surface area contributed by atoms with Crippen LogP contribution < -0.4 is 4.74 Å². The van der Waals surface area contributed by atoms with Crippen LogP contribution in [0.25, 0.3) is 0 Å². The van der Waals surface area contributed by atoms with Crippen molar-refractivity contribution in [2.45, 2.75) is 6.54 Å². The number of nitrogens with one attached hydrogen (secondary N) is 1. The van der Waals surface area contributed by atoms with E-state index >= 15 is 0 Å². The van der Waals surface area contributed by atoms with Crippen LogP contribution in [0.1, 0.15) is 16.2 Å². The molecule has 1 heterocycles. The second-order valence-electron chi connectivity index (χ2n) is 3.96. The normalized spacial score (nSPS) is 10.3. The van der Waals surface area contributed by atoms with Crippen molar-refractivity contribution in [3.63, 3.8) is 0 Å². The highest BCUT2D eigenvalue weighted by Gasteiger charge is 2.15. The molecule has 100 valence electrons. The number of nitrogens with zero attached hydrogens (tertiary/aromatic N) is 3. The highest BCUT2D eigenvalue weighted by atomic mass is 19.1. The van der Waals surface area contributed by atoms with Crippen LogP contribution in [0, 0.1) is 5.82 Å². The molecule has 0 fully saturated rings. The monoisotopic (exact) mass is 264 g/mol. The van der Waals surface area contributed by atoms with Gasteiger partial charge in [0.15, 0.2) is 11.6 Å². The van der Waals surface area contributed by atoms with Gasteiger partial charge in [-0.2, -0.15) is 5.10 Å². The molecule has 2 aromatic rings. The summed E-state index contributed by atoms with van der Waals surface area (Å²) in [5.41, 5.74) is 0.661. The van der Waals surface area contributed by atoms with Gasteiger partial charge in [0.2, 0.25) is 5.82 Å². The highest BCUT2D eigenvalue weighted by Crippen LogP contribution is 2.18. The van der Waals surface area contributed by atoms with Gasteiger partial charge in [0, 0.05) is 13.6 Å². The summed E-state index contributed by atoms with van der Waals surface area (Å²) in [6.07, 6.45) is 1.26. The first-order valence-corrected chi connectivity index (χ1v) is 5.55. The van der Waals surface area contributed by atoms with Crippen molar-refractivity contribution in [2.75, 3.05) is 14.2 Å². The fourth-order valence-corrected chi connectivity index (χ4v) is 1.64. The molecule has 0 radical (unpaired) electrons. The van der Waals surface area contributed by atoms with Crippen molar-refractivity contribution in [3.8, 4) is 5.75 Å². The minimum atomic E-state index is -0.458. The Balaban J connectivity index is 2.08. The van der Waals surface area contributed by atoms with Gasteiger partial charge in [-0.15, -0.1) is 0 Å². The van der Waals surface area contributed by atoms with Gasteiger partial charge in [-0.25, -0.2) is 9.37 Å². The number of carbonyl (C=O) groups is 1. The Hall–Kier alpha value is -2.44. The summed E-state index contributed by atoms with van der Waals surface area (Å²) in [6.45, 7) is 0.264. The van der Waals surface area contributed by atoms with Crippen molar-refractivity contribution < 1.29 is 13.9 Å². The van der Waals surface area contributed by atoms with Gasteiger partial charge in [0.1, 0.15) is 6.33 Å². The van der Waals surface area contributed by atoms with Crippen LogP contribution in [-0.4, -0.2) is 40.1 Å². The third kappa shape index (κ3) is 2.87. The van der Waals surface area contributed by atoms with Gasteiger partial charge in [-0.1, -0.05) is 6.07 Å². The lowest BCUT2D eigenvalue weighted by Crippen LogP contribution is -2.27. The molecule has 7 heteroatoms. The molecule has 1 N–H and O–H groups in total. The zero-order valence-corrected chi connectivity index (χ0v) is 10.6. The van der Waals surface area contributed by atoms with E-state index in [4.69, 9.17) is 4.74 Å². The van der Waals surface area contributed by atoms with Crippen LogP contribution >= 0.6 is 0 Å². The third-order valence-electron chi connectivity index (χ3n) is 2.60. The van der Waals surface area contributed by atoms with Crippen LogP contribution in [0.3, 0.4) is 0 Å². The van der Waals surface area contributed by atoms with Crippen molar-refractivity contribution in [1.82, 2.24) is 20.1 Å². The van der Waals surface area contributed by atoms with Crippen LogP contribution in [-0.2, 0) is 6.54 Å². The van der Waals surface area contributed by atoms with E-state index in [2.05, 4.69) is 15.2 Å². The predicted molar refractivity (Wildman–Crippen MR) is 65.1 cm³/mol.